The molecule has 0 saturated carbocycles. The highest BCUT2D eigenvalue weighted by Crippen LogP contribution is 2.17. The second-order valence-electron chi connectivity index (χ2n) is 7.10. The van der Waals surface area contributed by atoms with Gasteiger partial charge in [0.05, 0.1) is 7.11 Å². The largest absolute Gasteiger partial charge is 0.496 e. The molecule has 1 saturated heterocycles. The van der Waals surface area contributed by atoms with E-state index < -0.39 is 0 Å². The topological polar surface area (TPSA) is 58.6 Å². The van der Waals surface area contributed by atoms with Crippen LogP contribution in [0.3, 0.4) is 0 Å². The molecule has 1 aliphatic rings. The number of para-hydroxylation sites is 1. The van der Waals surface area contributed by atoms with Crippen LogP contribution in [0, 0.1) is 0 Å². The Hall–Kier alpha value is -2.82. The van der Waals surface area contributed by atoms with Crippen LogP contribution in [0.4, 0.5) is 0 Å². The highest BCUT2D eigenvalue weighted by molar-refractivity contribution is 5.99. The molecule has 1 N–H and O–H groups in total. The summed E-state index contributed by atoms with van der Waals surface area (Å²) >= 11 is 0. The Labute approximate surface area is 166 Å². The minimum absolute atomic E-state index is 0.0190. The molecule has 0 atom stereocenters. The lowest BCUT2D eigenvalue weighted by Crippen LogP contribution is -2.32. The SMILES string of the molecule is COc1ccccc1CCNC(=O)c1cccc(C(=O)N2CCCCCC2)c1. The molecule has 2 aromatic rings. The van der Waals surface area contributed by atoms with Crippen LogP contribution in [0.15, 0.2) is 48.5 Å². The number of likely N-dealkylation sites (tertiary alicyclic amines) is 1. The summed E-state index contributed by atoms with van der Waals surface area (Å²) in [7, 11) is 1.64. The lowest BCUT2D eigenvalue weighted by molar-refractivity contribution is 0.0761. The van der Waals surface area contributed by atoms with Crippen molar-refractivity contribution in [3.05, 3.63) is 65.2 Å². The highest BCUT2D eigenvalue weighted by Gasteiger charge is 2.18. The van der Waals surface area contributed by atoms with Gasteiger partial charge >= 0.3 is 0 Å². The molecule has 0 radical (unpaired) electrons. The van der Waals surface area contributed by atoms with Crippen molar-refractivity contribution >= 4 is 11.8 Å². The molecule has 0 spiro atoms. The van der Waals surface area contributed by atoms with E-state index in [4.69, 9.17) is 4.74 Å². The van der Waals surface area contributed by atoms with Gasteiger partial charge in [-0.15, -0.1) is 0 Å². The normalized spacial score (nSPS) is 14.2. The molecule has 5 nitrogen and oxygen atoms in total. The zero-order valence-corrected chi connectivity index (χ0v) is 16.4. The molecule has 28 heavy (non-hydrogen) atoms. The number of hydrogen-bond acceptors (Lipinski definition) is 3. The minimum atomic E-state index is -0.166. The molecule has 1 aliphatic heterocycles. The zero-order chi connectivity index (χ0) is 19.8. The summed E-state index contributed by atoms with van der Waals surface area (Å²) in [5.74, 6) is 0.674. The van der Waals surface area contributed by atoms with E-state index in [0.29, 0.717) is 24.1 Å². The monoisotopic (exact) mass is 380 g/mol. The average molecular weight is 380 g/mol. The lowest BCUT2D eigenvalue weighted by Gasteiger charge is -2.20. The van der Waals surface area contributed by atoms with Crippen LogP contribution in [0.1, 0.15) is 52.0 Å². The van der Waals surface area contributed by atoms with Crippen LogP contribution in [0.2, 0.25) is 0 Å². The molecule has 1 fully saturated rings. The Morgan fingerprint density at radius 1 is 0.964 bits per heavy atom. The maximum Gasteiger partial charge on any atom is 0.253 e. The molecule has 3 rings (SSSR count). The van der Waals surface area contributed by atoms with Crippen molar-refractivity contribution in [1.29, 1.82) is 0 Å². The van der Waals surface area contributed by atoms with E-state index in [1.165, 1.54) is 12.8 Å². The van der Waals surface area contributed by atoms with Gasteiger partial charge in [0.25, 0.3) is 11.8 Å². The molecule has 2 amide bonds. The lowest BCUT2D eigenvalue weighted by atomic mass is 10.1. The van der Waals surface area contributed by atoms with Gasteiger partial charge in [-0.3, -0.25) is 9.59 Å². The van der Waals surface area contributed by atoms with Crippen LogP contribution < -0.4 is 10.1 Å². The second kappa shape index (κ2) is 9.93. The Kier molecular flexibility index (Phi) is 7.06. The summed E-state index contributed by atoms with van der Waals surface area (Å²) in [4.78, 5) is 27.2. The Bertz CT molecular complexity index is 811. The molecule has 148 valence electrons. The van der Waals surface area contributed by atoms with Gasteiger partial charge in [-0.25, -0.2) is 0 Å². The van der Waals surface area contributed by atoms with Gasteiger partial charge in [-0.1, -0.05) is 37.1 Å². The van der Waals surface area contributed by atoms with Gasteiger partial charge in [0, 0.05) is 30.8 Å². The molecular formula is C23H28N2O3. The first kappa shape index (κ1) is 19.9. The van der Waals surface area contributed by atoms with Crippen LogP contribution in [-0.2, 0) is 6.42 Å². The molecule has 0 unspecified atom stereocenters. The summed E-state index contributed by atoms with van der Waals surface area (Å²) in [6.45, 7) is 2.10. The van der Waals surface area contributed by atoms with Crippen molar-refractivity contribution in [3.63, 3.8) is 0 Å². The van der Waals surface area contributed by atoms with Gasteiger partial charge in [0.15, 0.2) is 0 Å². The highest BCUT2D eigenvalue weighted by atomic mass is 16.5. The predicted octanol–water partition coefficient (Wildman–Crippen LogP) is 3.68. The predicted molar refractivity (Wildman–Crippen MR) is 110 cm³/mol. The van der Waals surface area contributed by atoms with Crippen molar-refractivity contribution in [2.75, 3.05) is 26.7 Å². The van der Waals surface area contributed by atoms with Crippen molar-refractivity contribution < 1.29 is 14.3 Å². The van der Waals surface area contributed by atoms with Crippen molar-refractivity contribution in [1.82, 2.24) is 10.2 Å². The van der Waals surface area contributed by atoms with Crippen LogP contribution in [-0.4, -0.2) is 43.5 Å². The fraction of sp³-hybridized carbons (Fsp3) is 0.391. The molecule has 5 heteroatoms. The maximum absolute atomic E-state index is 12.8. The van der Waals surface area contributed by atoms with Crippen LogP contribution in [0.5, 0.6) is 5.75 Å². The van der Waals surface area contributed by atoms with Gasteiger partial charge in [0.2, 0.25) is 0 Å². The van der Waals surface area contributed by atoms with Crippen molar-refractivity contribution in [2.24, 2.45) is 0 Å². The number of nitrogens with one attached hydrogen (secondary N) is 1. The van der Waals surface area contributed by atoms with Crippen LogP contribution >= 0.6 is 0 Å². The number of carbonyl (C=O) groups is 2. The number of rotatable bonds is 6. The molecule has 1 heterocycles. The number of methoxy groups -OCH3 is 1. The maximum atomic E-state index is 12.8. The summed E-state index contributed by atoms with van der Waals surface area (Å²) < 4.78 is 5.34. The van der Waals surface area contributed by atoms with Gasteiger partial charge in [0.1, 0.15) is 5.75 Å². The number of benzene rings is 2. The van der Waals surface area contributed by atoms with E-state index in [0.717, 1.165) is 37.2 Å². The van der Waals surface area contributed by atoms with E-state index in [2.05, 4.69) is 5.32 Å². The third-order valence-electron chi connectivity index (χ3n) is 5.14. The number of hydrogen-bond donors (Lipinski definition) is 1. The number of nitrogens with zero attached hydrogens (tertiary/aromatic N) is 1. The number of carbonyl (C=O) groups excluding carboxylic acids is 2. The molecule has 0 aliphatic carbocycles. The van der Waals surface area contributed by atoms with E-state index in [-0.39, 0.29) is 11.8 Å². The van der Waals surface area contributed by atoms with E-state index >= 15 is 0 Å². The Morgan fingerprint density at radius 2 is 1.68 bits per heavy atom. The fourth-order valence-electron chi connectivity index (χ4n) is 3.57. The Morgan fingerprint density at radius 3 is 2.43 bits per heavy atom. The summed E-state index contributed by atoms with van der Waals surface area (Å²) in [6.07, 6.45) is 5.14. The molecule has 0 aromatic heterocycles. The molecular weight excluding hydrogens is 352 g/mol. The quantitative estimate of drug-likeness (QED) is 0.832. The standard InChI is InChI=1S/C23H28N2O3/c1-28-21-12-5-4-9-18(21)13-14-24-22(26)19-10-8-11-20(17-19)23(27)25-15-6-2-3-7-16-25/h4-5,8-12,17H,2-3,6-7,13-16H2,1H3,(H,24,26). The summed E-state index contributed by atoms with van der Waals surface area (Å²) in [5, 5.41) is 2.94. The molecule has 0 bridgehead atoms. The summed E-state index contributed by atoms with van der Waals surface area (Å²) in [5.41, 5.74) is 2.15. The van der Waals surface area contributed by atoms with Gasteiger partial charge < -0.3 is 15.0 Å². The first-order valence-electron chi connectivity index (χ1n) is 9.98. The number of ether oxygens (including phenoxy) is 1. The smallest absolute Gasteiger partial charge is 0.253 e. The average Bonchev–Trinajstić information content (AvgIpc) is 3.03. The first-order chi connectivity index (χ1) is 13.7. The van der Waals surface area contributed by atoms with Gasteiger partial charge in [-0.05, 0) is 49.1 Å². The fourth-order valence-corrected chi connectivity index (χ4v) is 3.57. The van der Waals surface area contributed by atoms with E-state index in [1.54, 1.807) is 31.4 Å². The van der Waals surface area contributed by atoms with Crippen molar-refractivity contribution in [2.45, 2.75) is 32.1 Å². The number of amides is 2. The summed E-state index contributed by atoms with van der Waals surface area (Å²) in [6, 6.07) is 14.8. The second-order valence-corrected chi connectivity index (χ2v) is 7.10. The minimum Gasteiger partial charge on any atom is -0.496 e. The zero-order valence-electron chi connectivity index (χ0n) is 16.4. The third kappa shape index (κ3) is 5.12. The van der Waals surface area contributed by atoms with E-state index in [9.17, 15) is 9.59 Å². The van der Waals surface area contributed by atoms with E-state index in [1.807, 2.05) is 29.2 Å². The Balaban J connectivity index is 1.59. The van der Waals surface area contributed by atoms with Crippen LogP contribution in [0.25, 0.3) is 0 Å². The first-order valence-corrected chi connectivity index (χ1v) is 9.98. The van der Waals surface area contributed by atoms with Crippen molar-refractivity contribution in [3.8, 4) is 5.75 Å². The molecule has 2 aromatic carbocycles. The van der Waals surface area contributed by atoms with Gasteiger partial charge in [-0.2, -0.15) is 0 Å². The third-order valence-corrected chi connectivity index (χ3v) is 5.14.